The van der Waals surface area contributed by atoms with Gasteiger partial charge in [0.15, 0.2) is 0 Å². The number of esters is 1. The molecule has 0 fully saturated rings. The highest BCUT2D eigenvalue weighted by Crippen LogP contribution is 2.35. The molecule has 1 rings (SSSR count). The Bertz CT molecular complexity index is 608. The molecule has 0 aliphatic carbocycles. The third kappa shape index (κ3) is 6.45. The molecule has 0 heterocycles. The molecule has 5 nitrogen and oxygen atoms in total. The van der Waals surface area contributed by atoms with Crippen molar-refractivity contribution in [2.75, 3.05) is 6.54 Å². The number of nitrogens with one attached hydrogen (secondary N) is 1. The van der Waals surface area contributed by atoms with Gasteiger partial charge >= 0.3 is 5.97 Å². The molecule has 0 aromatic heterocycles. The number of nitrogens with two attached hydrogens (primary N) is 1. The minimum absolute atomic E-state index is 0.205. The molecule has 1 amide bonds. The SMILES string of the molecule is CC(C)c1cccc(C(C)C)c1OC(=O)CC(C)(C)CNC(=O)[C@H](C)N. The predicted molar refractivity (Wildman–Crippen MR) is 105 cm³/mol. The van der Waals surface area contributed by atoms with Gasteiger partial charge in [0, 0.05) is 6.54 Å². The van der Waals surface area contributed by atoms with E-state index in [1.54, 1.807) is 6.92 Å². The Kier molecular flexibility index (Phi) is 7.82. The molecule has 0 spiro atoms. The van der Waals surface area contributed by atoms with E-state index in [0.717, 1.165) is 11.1 Å². The summed E-state index contributed by atoms with van der Waals surface area (Å²) in [4.78, 5) is 24.2. The van der Waals surface area contributed by atoms with Gasteiger partial charge in [0.25, 0.3) is 0 Å². The Balaban J connectivity index is 2.89. The lowest BCUT2D eigenvalue weighted by molar-refractivity contribution is -0.137. The summed E-state index contributed by atoms with van der Waals surface area (Å²) < 4.78 is 5.81. The van der Waals surface area contributed by atoms with Crippen molar-refractivity contribution in [2.45, 2.75) is 72.8 Å². The number of hydrogen-bond donors (Lipinski definition) is 2. The molecule has 0 saturated heterocycles. The fraction of sp³-hybridized carbons (Fsp3) is 0.619. The van der Waals surface area contributed by atoms with Gasteiger partial charge in [-0.1, -0.05) is 59.7 Å². The second kappa shape index (κ2) is 9.17. The van der Waals surface area contributed by atoms with Crippen LogP contribution >= 0.6 is 0 Å². The van der Waals surface area contributed by atoms with Gasteiger partial charge in [0.1, 0.15) is 5.75 Å². The van der Waals surface area contributed by atoms with E-state index in [1.807, 2.05) is 32.0 Å². The summed E-state index contributed by atoms with van der Waals surface area (Å²) in [6.07, 6.45) is 0.205. The maximum absolute atomic E-state index is 12.6. The molecule has 0 saturated carbocycles. The standard InChI is InChI=1S/C21H34N2O3/c1-13(2)16-9-8-10-17(14(3)4)19(16)26-18(24)11-21(6,7)12-23-20(25)15(5)22/h8-10,13-15H,11-12,22H2,1-7H3,(H,23,25)/t15-/m0/s1. The molecular weight excluding hydrogens is 328 g/mol. The highest BCUT2D eigenvalue weighted by atomic mass is 16.5. The van der Waals surface area contributed by atoms with Crippen molar-refractivity contribution in [3.05, 3.63) is 29.3 Å². The van der Waals surface area contributed by atoms with Crippen LogP contribution in [0.2, 0.25) is 0 Å². The average Bonchev–Trinajstić information content (AvgIpc) is 2.51. The third-order valence-corrected chi connectivity index (χ3v) is 4.31. The molecule has 5 heteroatoms. The van der Waals surface area contributed by atoms with Crippen LogP contribution in [0.3, 0.4) is 0 Å². The molecule has 1 atom stereocenters. The lowest BCUT2D eigenvalue weighted by Crippen LogP contribution is -2.43. The van der Waals surface area contributed by atoms with E-state index >= 15 is 0 Å². The first-order valence-electron chi connectivity index (χ1n) is 9.31. The molecule has 0 unspecified atom stereocenters. The first-order chi connectivity index (χ1) is 11.9. The number of carbonyl (C=O) groups is 2. The zero-order valence-electron chi connectivity index (χ0n) is 17.2. The summed E-state index contributed by atoms with van der Waals surface area (Å²) >= 11 is 0. The number of hydrogen-bond acceptors (Lipinski definition) is 4. The number of ether oxygens (including phenoxy) is 1. The molecule has 1 aromatic rings. The van der Waals surface area contributed by atoms with Crippen molar-refractivity contribution >= 4 is 11.9 Å². The van der Waals surface area contributed by atoms with Crippen LogP contribution in [0.5, 0.6) is 5.75 Å². The van der Waals surface area contributed by atoms with Crippen LogP contribution in [0.25, 0.3) is 0 Å². The first kappa shape index (κ1) is 22.2. The zero-order valence-corrected chi connectivity index (χ0v) is 17.2. The average molecular weight is 363 g/mol. The highest BCUT2D eigenvalue weighted by molar-refractivity contribution is 5.81. The number of carbonyl (C=O) groups excluding carboxylic acids is 2. The lowest BCUT2D eigenvalue weighted by atomic mass is 9.89. The van der Waals surface area contributed by atoms with E-state index in [0.29, 0.717) is 12.3 Å². The van der Waals surface area contributed by atoms with Crippen molar-refractivity contribution in [3.63, 3.8) is 0 Å². The van der Waals surface area contributed by atoms with Gasteiger partial charge in [-0.15, -0.1) is 0 Å². The summed E-state index contributed by atoms with van der Waals surface area (Å²) in [6, 6.07) is 5.46. The summed E-state index contributed by atoms with van der Waals surface area (Å²) in [5, 5.41) is 2.78. The van der Waals surface area contributed by atoms with Gasteiger partial charge in [-0.25, -0.2) is 0 Å². The molecule has 3 N–H and O–H groups in total. The molecule has 0 aliphatic heterocycles. The summed E-state index contributed by atoms with van der Waals surface area (Å²) in [7, 11) is 0. The van der Waals surface area contributed by atoms with Gasteiger partial charge in [0.2, 0.25) is 5.91 Å². The Hall–Kier alpha value is -1.88. The molecule has 1 aromatic carbocycles. The Morgan fingerprint density at radius 1 is 1.08 bits per heavy atom. The molecule has 146 valence electrons. The summed E-state index contributed by atoms with van der Waals surface area (Å²) in [6.45, 7) is 14.2. The number of amides is 1. The van der Waals surface area contributed by atoms with Gasteiger partial charge in [-0.05, 0) is 35.3 Å². The second-order valence-electron chi connectivity index (χ2n) is 8.40. The molecule has 0 radical (unpaired) electrons. The van der Waals surface area contributed by atoms with Crippen LogP contribution in [0.1, 0.15) is 77.8 Å². The van der Waals surface area contributed by atoms with Crippen LogP contribution in [-0.4, -0.2) is 24.5 Å². The highest BCUT2D eigenvalue weighted by Gasteiger charge is 2.26. The van der Waals surface area contributed by atoms with Crippen LogP contribution in [0.15, 0.2) is 18.2 Å². The maximum Gasteiger partial charge on any atom is 0.311 e. The minimum atomic E-state index is -0.565. The third-order valence-electron chi connectivity index (χ3n) is 4.31. The van der Waals surface area contributed by atoms with Gasteiger partial charge in [-0.2, -0.15) is 0 Å². The minimum Gasteiger partial charge on any atom is -0.426 e. The van der Waals surface area contributed by atoms with E-state index < -0.39 is 11.5 Å². The van der Waals surface area contributed by atoms with E-state index in [1.165, 1.54) is 0 Å². The van der Waals surface area contributed by atoms with Crippen LogP contribution in [0.4, 0.5) is 0 Å². The summed E-state index contributed by atoms with van der Waals surface area (Å²) in [5.74, 6) is 0.682. The van der Waals surface area contributed by atoms with Crippen LogP contribution in [-0.2, 0) is 9.59 Å². The molecule has 0 aliphatic rings. The maximum atomic E-state index is 12.6. The van der Waals surface area contributed by atoms with Crippen molar-refractivity contribution < 1.29 is 14.3 Å². The molecule has 26 heavy (non-hydrogen) atoms. The summed E-state index contributed by atoms with van der Waals surface area (Å²) in [5.41, 5.74) is 7.20. The predicted octanol–water partition coefficient (Wildman–Crippen LogP) is 3.72. The van der Waals surface area contributed by atoms with E-state index in [9.17, 15) is 9.59 Å². The number of rotatable bonds is 8. The van der Waals surface area contributed by atoms with Crippen molar-refractivity contribution in [2.24, 2.45) is 11.1 Å². The number of para-hydroxylation sites is 1. The van der Waals surface area contributed by atoms with Gasteiger partial charge in [0.05, 0.1) is 12.5 Å². The van der Waals surface area contributed by atoms with Crippen molar-refractivity contribution in [1.29, 1.82) is 0 Å². The largest absolute Gasteiger partial charge is 0.426 e. The molecule has 0 bridgehead atoms. The van der Waals surface area contributed by atoms with E-state index in [4.69, 9.17) is 10.5 Å². The normalized spacial score (nSPS) is 13.0. The topological polar surface area (TPSA) is 81.4 Å². The van der Waals surface area contributed by atoms with E-state index in [2.05, 4.69) is 33.0 Å². The smallest absolute Gasteiger partial charge is 0.311 e. The fourth-order valence-electron chi connectivity index (χ4n) is 2.69. The van der Waals surface area contributed by atoms with Crippen LogP contribution < -0.4 is 15.8 Å². The molecular formula is C21H34N2O3. The van der Waals surface area contributed by atoms with Gasteiger partial charge in [-0.3, -0.25) is 9.59 Å². The quantitative estimate of drug-likeness (QED) is 0.545. The Morgan fingerprint density at radius 3 is 2.00 bits per heavy atom. The first-order valence-corrected chi connectivity index (χ1v) is 9.31. The van der Waals surface area contributed by atoms with E-state index in [-0.39, 0.29) is 30.1 Å². The second-order valence-corrected chi connectivity index (χ2v) is 8.40. The zero-order chi connectivity index (χ0) is 20.1. The number of benzene rings is 1. The Morgan fingerprint density at radius 2 is 1.58 bits per heavy atom. The fourth-order valence-corrected chi connectivity index (χ4v) is 2.69. The monoisotopic (exact) mass is 362 g/mol. The van der Waals surface area contributed by atoms with Crippen molar-refractivity contribution in [3.8, 4) is 5.75 Å². The van der Waals surface area contributed by atoms with Crippen LogP contribution in [0, 0.1) is 5.41 Å². The Labute approximate surface area is 157 Å². The van der Waals surface area contributed by atoms with Crippen molar-refractivity contribution in [1.82, 2.24) is 5.32 Å². The van der Waals surface area contributed by atoms with Gasteiger partial charge < -0.3 is 15.8 Å². The lowest BCUT2D eigenvalue weighted by Gasteiger charge is -2.25.